The molecule has 0 bridgehead atoms. The summed E-state index contributed by atoms with van der Waals surface area (Å²) in [4.78, 5) is 26.9. The molecule has 0 radical (unpaired) electrons. The maximum atomic E-state index is 11.4. The molecule has 0 fully saturated rings. The lowest BCUT2D eigenvalue weighted by Gasteiger charge is -2.04. The van der Waals surface area contributed by atoms with Crippen molar-refractivity contribution in [2.24, 2.45) is 0 Å². The third kappa shape index (κ3) is 5.24. The van der Waals surface area contributed by atoms with Crippen LogP contribution in [0.2, 0.25) is 0 Å². The SMILES string of the molecule is Cc1csc(NC(=O)C(=O)NCCCCCO)n1. The Morgan fingerprint density at radius 3 is 2.72 bits per heavy atom. The molecule has 7 heteroatoms. The van der Waals surface area contributed by atoms with Crippen molar-refractivity contribution < 1.29 is 14.7 Å². The number of anilines is 1. The van der Waals surface area contributed by atoms with Crippen molar-refractivity contribution in [3.05, 3.63) is 11.1 Å². The second kappa shape index (κ2) is 7.78. The Kier molecular flexibility index (Phi) is 6.31. The van der Waals surface area contributed by atoms with Gasteiger partial charge in [0, 0.05) is 18.5 Å². The minimum absolute atomic E-state index is 0.151. The number of aliphatic hydroxyl groups is 1. The molecule has 1 aromatic heterocycles. The monoisotopic (exact) mass is 271 g/mol. The van der Waals surface area contributed by atoms with Crippen LogP contribution in [0.1, 0.15) is 25.0 Å². The summed E-state index contributed by atoms with van der Waals surface area (Å²) < 4.78 is 0. The standard InChI is InChI=1S/C11H17N3O3S/c1-8-7-18-11(13-8)14-10(17)9(16)12-5-3-2-4-6-15/h7,15H,2-6H2,1H3,(H,12,16)(H,13,14,17). The number of carbonyl (C=O) groups excluding carboxylic acids is 2. The number of carbonyl (C=O) groups is 2. The zero-order valence-electron chi connectivity index (χ0n) is 10.2. The van der Waals surface area contributed by atoms with Crippen LogP contribution in [-0.4, -0.2) is 35.1 Å². The first-order valence-corrected chi connectivity index (χ1v) is 6.63. The summed E-state index contributed by atoms with van der Waals surface area (Å²) in [6, 6.07) is 0. The Morgan fingerprint density at radius 1 is 1.33 bits per heavy atom. The van der Waals surface area contributed by atoms with Crippen LogP contribution in [0.25, 0.3) is 0 Å². The van der Waals surface area contributed by atoms with Crippen LogP contribution in [0.3, 0.4) is 0 Å². The van der Waals surface area contributed by atoms with Crippen molar-refractivity contribution in [2.45, 2.75) is 26.2 Å². The van der Waals surface area contributed by atoms with E-state index in [1.165, 1.54) is 11.3 Å². The van der Waals surface area contributed by atoms with Gasteiger partial charge in [-0.05, 0) is 26.2 Å². The van der Waals surface area contributed by atoms with Gasteiger partial charge in [-0.2, -0.15) is 0 Å². The molecule has 100 valence electrons. The van der Waals surface area contributed by atoms with E-state index in [-0.39, 0.29) is 6.61 Å². The van der Waals surface area contributed by atoms with E-state index in [4.69, 9.17) is 5.11 Å². The van der Waals surface area contributed by atoms with Crippen LogP contribution in [0, 0.1) is 6.92 Å². The van der Waals surface area contributed by atoms with E-state index in [9.17, 15) is 9.59 Å². The van der Waals surface area contributed by atoms with E-state index in [2.05, 4.69) is 15.6 Å². The average Bonchev–Trinajstić information content (AvgIpc) is 2.74. The molecular weight excluding hydrogens is 254 g/mol. The number of rotatable bonds is 6. The predicted molar refractivity (Wildman–Crippen MR) is 69.4 cm³/mol. The molecule has 0 aliphatic heterocycles. The van der Waals surface area contributed by atoms with Crippen LogP contribution < -0.4 is 10.6 Å². The second-order valence-electron chi connectivity index (χ2n) is 3.79. The fourth-order valence-corrected chi connectivity index (χ4v) is 1.94. The molecule has 0 aliphatic rings. The zero-order chi connectivity index (χ0) is 13.4. The molecule has 2 amide bonds. The fraction of sp³-hybridized carbons (Fsp3) is 0.545. The van der Waals surface area contributed by atoms with Crippen molar-refractivity contribution in [2.75, 3.05) is 18.5 Å². The summed E-state index contributed by atoms with van der Waals surface area (Å²) in [6.07, 6.45) is 2.28. The first-order valence-electron chi connectivity index (χ1n) is 5.75. The highest BCUT2D eigenvalue weighted by Gasteiger charge is 2.14. The third-order valence-corrected chi connectivity index (χ3v) is 3.04. The largest absolute Gasteiger partial charge is 0.396 e. The number of thiazole rings is 1. The van der Waals surface area contributed by atoms with E-state index in [0.717, 1.165) is 18.5 Å². The summed E-state index contributed by atoms with van der Waals surface area (Å²) in [5.74, 6) is -1.36. The first kappa shape index (κ1) is 14.6. The molecule has 1 rings (SSSR count). The molecule has 0 atom stereocenters. The van der Waals surface area contributed by atoms with Gasteiger partial charge in [0.25, 0.3) is 0 Å². The van der Waals surface area contributed by atoms with Gasteiger partial charge in [0.15, 0.2) is 5.13 Å². The topological polar surface area (TPSA) is 91.3 Å². The van der Waals surface area contributed by atoms with Crippen molar-refractivity contribution in [1.29, 1.82) is 0 Å². The number of unbranched alkanes of at least 4 members (excludes halogenated alkanes) is 2. The summed E-state index contributed by atoms with van der Waals surface area (Å²) >= 11 is 1.28. The van der Waals surface area contributed by atoms with E-state index >= 15 is 0 Å². The Hall–Kier alpha value is -1.47. The normalized spacial score (nSPS) is 10.1. The van der Waals surface area contributed by atoms with Crippen molar-refractivity contribution >= 4 is 28.3 Å². The number of aromatic nitrogens is 1. The van der Waals surface area contributed by atoms with Gasteiger partial charge < -0.3 is 10.4 Å². The highest BCUT2D eigenvalue weighted by molar-refractivity contribution is 7.14. The highest BCUT2D eigenvalue weighted by Crippen LogP contribution is 2.13. The van der Waals surface area contributed by atoms with Gasteiger partial charge in [0.1, 0.15) is 0 Å². The van der Waals surface area contributed by atoms with E-state index in [0.29, 0.717) is 18.1 Å². The predicted octanol–water partition coefficient (Wildman–Crippen LogP) is 0.669. The number of hydrogen-bond acceptors (Lipinski definition) is 5. The zero-order valence-corrected chi connectivity index (χ0v) is 11.0. The molecule has 0 aromatic carbocycles. The number of aliphatic hydroxyl groups excluding tert-OH is 1. The number of nitrogens with zero attached hydrogens (tertiary/aromatic N) is 1. The summed E-state index contributed by atoms with van der Waals surface area (Å²) in [7, 11) is 0. The van der Waals surface area contributed by atoms with Gasteiger partial charge in [-0.3, -0.25) is 14.9 Å². The van der Waals surface area contributed by atoms with Crippen molar-refractivity contribution in [3.63, 3.8) is 0 Å². The van der Waals surface area contributed by atoms with Gasteiger partial charge in [0.05, 0.1) is 5.69 Å². The minimum Gasteiger partial charge on any atom is -0.396 e. The molecule has 0 spiro atoms. The average molecular weight is 271 g/mol. The van der Waals surface area contributed by atoms with Gasteiger partial charge >= 0.3 is 11.8 Å². The van der Waals surface area contributed by atoms with Crippen molar-refractivity contribution in [3.8, 4) is 0 Å². The van der Waals surface area contributed by atoms with E-state index in [1.807, 2.05) is 6.92 Å². The molecule has 1 aromatic rings. The molecule has 3 N–H and O–H groups in total. The van der Waals surface area contributed by atoms with Gasteiger partial charge in [0.2, 0.25) is 0 Å². The van der Waals surface area contributed by atoms with Crippen LogP contribution in [-0.2, 0) is 9.59 Å². The lowest BCUT2D eigenvalue weighted by molar-refractivity contribution is -0.136. The number of aryl methyl sites for hydroxylation is 1. The summed E-state index contributed by atoms with van der Waals surface area (Å²) in [5, 5.41) is 15.7. The molecule has 18 heavy (non-hydrogen) atoms. The van der Waals surface area contributed by atoms with Crippen LogP contribution >= 0.6 is 11.3 Å². The quantitative estimate of drug-likeness (QED) is 0.524. The van der Waals surface area contributed by atoms with Gasteiger partial charge in [-0.1, -0.05) is 0 Å². The molecule has 0 aliphatic carbocycles. The van der Waals surface area contributed by atoms with E-state index in [1.54, 1.807) is 5.38 Å². The fourth-order valence-electron chi connectivity index (χ4n) is 1.26. The van der Waals surface area contributed by atoms with E-state index < -0.39 is 11.8 Å². The maximum absolute atomic E-state index is 11.4. The number of nitrogens with one attached hydrogen (secondary N) is 2. The summed E-state index contributed by atoms with van der Waals surface area (Å²) in [6.45, 7) is 2.40. The third-order valence-electron chi connectivity index (χ3n) is 2.17. The van der Waals surface area contributed by atoms with Gasteiger partial charge in [-0.15, -0.1) is 11.3 Å². The molecular formula is C11H17N3O3S. The van der Waals surface area contributed by atoms with Gasteiger partial charge in [-0.25, -0.2) is 4.98 Å². The second-order valence-corrected chi connectivity index (χ2v) is 4.65. The van der Waals surface area contributed by atoms with Crippen molar-refractivity contribution in [1.82, 2.24) is 10.3 Å². The van der Waals surface area contributed by atoms with Crippen LogP contribution in [0.5, 0.6) is 0 Å². The molecule has 0 saturated carbocycles. The minimum atomic E-state index is -0.702. The first-order chi connectivity index (χ1) is 8.63. The van der Waals surface area contributed by atoms with Crippen LogP contribution in [0.15, 0.2) is 5.38 Å². The van der Waals surface area contributed by atoms with Crippen LogP contribution in [0.4, 0.5) is 5.13 Å². The lowest BCUT2D eigenvalue weighted by Crippen LogP contribution is -2.35. The number of amides is 2. The Bertz CT molecular complexity index is 406. The Balaban J connectivity index is 2.23. The number of hydrogen-bond donors (Lipinski definition) is 3. The summed E-state index contributed by atoms with van der Waals surface area (Å²) in [5.41, 5.74) is 0.805. The molecule has 6 nitrogen and oxygen atoms in total. The molecule has 0 saturated heterocycles. The highest BCUT2D eigenvalue weighted by atomic mass is 32.1. The molecule has 1 heterocycles. The molecule has 0 unspecified atom stereocenters. The maximum Gasteiger partial charge on any atom is 0.315 e. The Morgan fingerprint density at radius 2 is 2.11 bits per heavy atom. The Labute approximate surface area is 109 Å². The smallest absolute Gasteiger partial charge is 0.315 e. The lowest BCUT2D eigenvalue weighted by atomic mass is 10.2.